The van der Waals surface area contributed by atoms with Crippen LogP contribution >= 0.6 is 11.3 Å². The molecule has 25 heavy (non-hydrogen) atoms. The molecular formula is C20H22N2O2S. The fourth-order valence-corrected chi connectivity index (χ4v) is 3.90. The average Bonchev–Trinajstić information content (AvgIpc) is 2.92. The minimum absolute atomic E-state index is 0.0793. The summed E-state index contributed by atoms with van der Waals surface area (Å²) >= 11 is 1.59. The number of amides is 1. The van der Waals surface area contributed by atoms with Crippen LogP contribution < -0.4 is 5.32 Å². The summed E-state index contributed by atoms with van der Waals surface area (Å²) in [5.41, 5.74) is 2.16. The van der Waals surface area contributed by atoms with Crippen LogP contribution in [0.5, 0.6) is 0 Å². The van der Waals surface area contributed by atoms with Crippen molar-refractivity contribution in [3.63, 3.8) is 0 Å². The zero-order valence-electron chi connectivity index (χ0n) is 14.5. The number of carbonyl (C=O) groups is 1. The van der Waals surface area contributed by atoms with Gasteiger partial charge in [-0.05, 0) is 30.2 Å². The molecule has 1 atom stereocenters. The van der Waals surface area contributed by atoms with E-state index in [0.717, 1.165) is 22.0 Å². The van der Waals surface area contributed by atoms with E-state index in [0.29, 0.717) is 6.42 Å². The Hall–Kier alpha value is -2.24. The van der Waals surface area contributed by atoms with E-state index in [9.17, 15) is 9.90 Å². The predicted molar refractivity (Wildman–Crippen MR) is 102 cm³/mol. The molecule has 0 spiro atoms. The van der Waals surface area contributed by atoms with E-state index in [1.54, 1.807) is 18.3 Å². The number of aliphatic hydroxyl groups is 1. The summed E-state index contributed by atoms with van der Waals surface area (Å²) in [4.78, 5) is 17.6. The minimum Gasteiger partial charge on any atom is -0.392 e. The van der Waals surface area contributed by atoms with E-state index in [1.807, 2.05) is 13.0 Å². The van der Waals surface area contributed by atoms with Gasteiger partial charge >= 0.3 is 0 Å². The van der Waals surface area contributed by atoms with Gasteiger partial charge in [0, 0.05) is 17.8 Å². The Morgan fingerprint density at radius 1 is 1.24 bits per heavy atom. The molecule has 0 fully saturated rings. The van der Waals surface area contributed by atoms with Crippen molar-refractivity contribution in [3.8, 4) is 0 Å². The van der Waals surface area contributed by atoms with Gasteiger partial charge in [-0.1, -0.05) is 42.5 Å². The number of nitrogens with one attached hydrogen (secondary N) is 1. The molecule has 0 radical (unpaired) electrons. The summed E-state index contributed by atoms with van der Waals surface area (Å²) in [6.07, 6.45) is 0.543. The SMILES string of the molecule is Cc1nc(Cc2cccc3ccccc23)sc1CC(=O)NCC(C)O. The average molecular weight is 354 g/mol. The highest BCUT2D eigenvalue weighted by Crippen LogP contribution is 2.25. The van der Waals surface area contributed by atoms with Gasteiger partial charge in [0.15, 0.2) is 0 Å². The molecule has 2 N–H and O–H groups in total. The normalized spacial score (nSPS) is 12.3. The van der Waals surface area contributed by atoms with Crippen LogP contribution in [0.3, 0.4) is 0 Å². The van der Waals surface area contributed by atoms with E-state index < -0.39 is 6.10 Å². The standard InChI is InChI=1S/C20H22N2O2S/c1-13(23)12-21-19(24)11-18-14(2)22-20(25-18)10-16-8-5-7-15-6-3-4-9-17(15)16/h3-9,13,23H,10-12H2,1-2H3,(H,21,24). The van der Waals surface area contributed by atoms with Crippen LogP contribution in [0.2, 0.25) is 0 Å². The van der Waals surface area contributed by atoms with E-state index >= 15 is 0 Å². The minimum atomic E-state index is -0.534. The molecule has 5 heteroatoms. The number of thiazole rings is 1. The first-order valence-corrected chi connectivity index (χ1v) is 9.21. The van der Waals surface area contributed by atoms with Crippen molar-refractivity contribution in [2.75, 3.05) is 6.54 Å². The lowest BCUT2D eigenvalue weighted by molar-refractivity contribution is -0.120. The maximum atomic E-state index is 12.0. The van der Waals surface area contributed by atoms with Gasteiger partial charge in [-0.15, -0.1) is 11.3 Å². The summed E-state index contributed by atoms with van der Waals surface area (Å²) in [7, 11) is 0. The van der Waals surface area contributed by atoms with Gasteiger partial charge in [0.2, 0.25) is 5.91 Å². The molecule has 0 aliphatic carbocycles. The number of aliphatic hydroxyl groups excluding tert-OH is 1. The topological polar surface area (TPSA) is 62.2 Å². The highest BCUT2D eigenvalue weighted by molar-refractivity contribution is 7.11. The van der Waals surface area contributed by atoms with Crippen molar-refractivity contribution in [1.29, 1.82) is 0 Å². The molecule has 3 rings (SSSR count). The lowest BCUT2D eigenvalue weighted by Gasteiger charge is -2.06. The Kier molecular flexibility index (Phi) is 5.46. The third-order valence-electron chi connectivity index (χ3n) is 4.07. The molecule has 1 aromatic heterocycles. The van der Waals surface area contributed by atoms with Crippen molar-refractivity contribution in [3.05, 3.63) is 63.6 Å². The number of aromatic nitrogens is 1. The van der Waals surface area contributed by atoms with E-state index in [4.69, 9.17) is 0 Å². The second-order valence-electron chi connectivity index (χ2n) is 6.26. The Labute approximate surface area is 151 Å². The Balaban J connectivity index is 1.75. The van der Waals surface area contributed by atoms with Crippen LogP contribution in [0, 0.1) is 6.92 Å². The summed E-state index contributed by atoms with van der Waals surface area (Å²) in [6.45, 7) is 3.88. The van der Waals surface area contributed by atoms with E-state index in [2.05, 4.69) is 46.7 Å². The lowest BCUT2D eigenvalue weighted by Crippen LogP contribution is -2.31. The summed E-state index contributed by atoms with van der Waals surface area (Å²) in [5, 5.41) is 15.5. The van der Waals surface area contributed by atoms with Crippen molar-refractivity contribution in [1.82, 2.24) is 10.3 Å². The van der Waals surface area contributed by atoms with E-state index in [1.165, 1.54) is 16.3 Å². The second kappa shape index (κ2) is 7.76. The molecule has 0 aliphatic heterocycles. The molecule has 1 amide bonds. The van der Waals surface area contributed by atoms with Crippen LogP contribution in [0.1, 0.15) is 28.1 Å². The third kappa shape index (κ3) is 4.44. The predicted octanol–water partition coefficient (Wildman–Crippen LogP) is 3.24. The van der Waals surface area contributed by atoms with Crippen LogP contribution in [0.4, 0.5) is 0 Å². The van der Waals surface area contributed by atoms with Gasteiger partial charge < -0.3 is 10.4 Å². The summed E-state index contributed by atoms with van der Waals surface area (Å²) in [5.74, 6) is -0.0793. The summed E-state index contributed by atoms with van der Waals surface area (Å²) < 4.78 is 0. The van der Waals surface area contributed by atoms with Crippen LogP contribution in [-0.2, 0) is 17.6 Å². The van der Waals surface area contributed by atoms with Crippen molar-refractivity contribution >= 4 is 28.0 Å². The number of rotatable bonds is 6. The first kappa shape index (κ1) is 17.6. The van der Waals surface area contributed by atoms with Gasteiger partial charge in [-0.2, -0.15) is 0 Å². The highest BCUT2D eigenvalue weighted by atomic mass is 32.1. The summed E-state index contributed by atoms with van der Waals surface area (Å²) in [6, 6.07) is 14.7. The molecular weight excluding hydrogens is 332 g/mol. The van der Waals surface area contributed by atoms with Gasteiger partial charge in [-0.3, -0.25) is 4.79 Å². The van der Waals surface area contributed by atoms with E-state index in [-0.39, 0.29) is 12.5 Å². The van der Waals surface area contributed by atoms with Crippen LogP contribution in [0.25, 0.3) is 10.8 Å². The Morgan fingerprint density at radius 3 is 2.80 bits per heavy atom. The molecule has 0 saturated heterocycles. The Bertz CT molecular complexity index is 881. The number of fused-ring (bicyclic) bond motifs is 1. The third-order valence-corrected chi connectivity index (χ3v) is 5.23. The molecule has 0 bridgehead atoms. The molecule has 2 aromatic carbocycles. The number of benzene rings is 2. The van der Waals surface area contributed by atoms with Gasteiger partial charge in [0.25, 0.3) is 0 Å². The number of aryl methyl sites for hydroxylation is 1. The van der Waals surface area contributed by atoms with Gasteiger partial charge in [0.05, 0.1) is 23.2 Å². The maximum absolute atomic E-state index is 12.0. The number of hydrogen-bond donors (Lipinski definition) is 2. The number of nitrogens with zero attached hydrogens (tertiary/aromatic N) is 1. The smallest absolute Gasteiger partial charge is 0.225 e. The van der Waals surface area contributed by atoms with Gasteiger partial charge in [0.1, 0.15) is 0 Å². The first-order chi connectivity index (χ1) is 12.0. The van der Waals surface area contributed by atoms with Crippen molar-refractivity contribution < 1.29 is 9.90 Å². The fourth-order valence-electron chi connectivity index (χ4n) is 2.81. The molecule has 4 nitrogen and oxygen atoms in total. The fraction of sp³-hybridized carbons (Fsp3) is 0.300. The molecule has 130 valence electrons. The Morgan fingerprint density at radius 2 is 2.00 bits per heavy atom. The molecule has 1 unspecified atom stereocenters. The first-order valence-electron chi connectivity index (χ1n) is 8.39. The number of hydrogen-bond acceptors (Lipinski definition) is 4. The molecule has 3 aromatic rings. The van der Waals surface area contributed by atoms with Gasteiger partial charge in [-0.25, -0.2) is 4.98 Å². The monoisotopic (exact) mass is 354 g/mol. The highest BCUT2D eigenvalue weighted by Gasteiger charge is 2.13. The lowest BCUT2D eigenvalue weighted by atomic mass is 10.0. The van der Waals surface area contributed by atoms with Crippen molar-refractivity contribution in [2.24, 2.45) is 0 Å². The second-order valence-corrected chi connectivity index (χ2v) is 7.43. The zero-order chi connectivity index (χ0) is 17.8. The quantitative estimate of drug-likeness (QED) is 0.714. The molecule has 0 aliphatic rings. The molecule has 1 heterocycles. The number of carbonyl (C=O) groups excluding carboxylic acids is 1. The largest absolute Gasteiger partial charge is 0.392 e. The molecule has 0 saturated carbocycles. The van der Waals surface area contributed by atoms with Crippen LogP contribution in [-0.4, -0.2) is 28.6 Å². The van der Waals surface area contributed by atoms with Crippen molar-refractivity contribution in [2.45, 2.75) is 32.8 Å². The zero-order valence-corrected chi connectivity index (χ0v) is 15.3. The maximum Gasteiger partial charge on any atom is 0.225 e. The van der Waals surface area contributed by atoms with Crippen LogP contribution in [0.15, 0.2) is 42.5 Å².